The second kappa shape index (κ2) is 12.9. The highest BCUT2D eigenvalue weighted by Gasteiger charge is 2.39. The van der Waals surface area contributed by atoms with E-state index in [1.165, 1.54) is 22.7 Å². The number of benzene rings is 2. The molecule has 6 rings (SSSR count). The molecule has 3 aromatic rings. The fourth-order valence-corrected chi connectivity index (χ4v) is 6.50. The first-order chi connectivity index (χ1) is 22.0. The van der Waals surface area contributed by atoms with Crippen LogP contribution < -0.4 is 26.6 Å². The van der Waals surface area contributed by atoms with E-state index in [9.17, 15) is 24.0 Å². The van der Waals surface area contributed by atoms with Gasteiger partial charge in [-0.2, -0.15) is 0 Å². The van der Waals surface area contributed by atoms with Gasteiger partial charge in [0, 0.05) is 53.4 Å². The predicted octanol–water partition coefficient (Wildman–Crippen LogP) is 2.67. The van der Waals surface area contributed by atoms with Crippen molar-refractivity contribution in [2.45, 2.75) is 67.1 Å². The molecule has 3 aliphatic heterocycles. The Hall–Kier alpha value is -4.82. The molecule has 13 nitrogen and oxygen atoms in total. The Kier molecular flexibility index (Phi) is 8.73. The molecule has 1 unspecified atom stereocenters. The summed E-state index contributed by atoms with van der Waals surface area (Å²) in [5.41, 5.74) is 8.07. The monoisotopic (exact) mass is 642 g/mol. The van der Waals surface area contributed by atoms with Crippen molar-refractivity contribution in [2.75, 3.05) is 28.6 Å². The first kappa shape index (κ1) is 31.2. The standard InChI is InChI=1S/C32H34N8O5S/c1-32(33)9-11-39(12-10-32)25-16-35-29(17-34-25)46-22-4-2-3-20(13-22)36-27(42)15-28(43)37-21-6-5-19-18-40(31(45)23(19)14-21)24-7-8-26(41)38-30(24)44/h2-6,13-14,16-17,24H,7-12,15,18,33H2,1H3,(H,36,42)(H,37,43)(H,38,41,44). The Morgan fingerprint density at radius 2 is 1.76 bits per heavy atom. The molecule has 0 bridgehead atoms. The fraction of sp³-hybridized carbons (Fsp3) is 0.344. The molecule has 3 aliphatic rings. The average molecular weight is 643 g/mol. The van der Waals surface area contributed by atoms with Crippen LogP contribution in [0.4, 0.5) is 17.2 Å². The summed E-state index contributed by atoms with van der Waals surface area (Å²) in [5, 5.41) is 8.41. The van der Waals surface area contributed by atoms with Crippen molar-refractivity contribution in [1.82, 2.24) is 20.2 Å². The molecule has 2 aromatic carbocycles. The lowest BCUT2D eigenvalue weighted by molar-refractivity contribution is -0.137. The molecule has 5 N–H and O–H groups in total. The van der Waals surface area contributed by atoms with Crippen molar-refractivity contribution < 1.29 is 24.0 Å². The number of imide groups is 1. The van der Waals surface area contributed by atoms with Crippen LogP contribution in [0.15, 0.2) is 64.8 Å². The molecule has 0 spiro atoms. The first-order valence-electron chi connectivity index (χ1n) is 15.0. The van der Waals surface area contributed by atoms with Crippen LogP contribution in [0.25, 0.3) is 0 Å². The van der Waals surface area contributed by atoms with Gasteiger partial charge in [-0.25, -0.2) is 9.97 Å². The van der Waals surface area contributed by atoms with Gasteiger partial charge in [0.15, 0.2) is 0 Å². The largest absolute Gasteiger partial charge is 0.355 e. The number of nitrogens with two attached hydrogens (primary N) is 1. The van der Waals surface area contributed by atoms with Crippen molar-refractivity contribution >= 4 is 58.5 Å². The third-order valence-electron chi connectivity index (χ3n) is 8.32. The molecule has 0 aliphatic carbocycles. The van der Waals surface area contributed by atoms with Gasteiger partial charge in [-0.3, -0.25) is 29.3 Å². The topological polar surface area (TPSA) is 180 Å². The highest BCUT2D eigenvalue weighted by molar-refractivity contribution is 7.99. The summed E-state index contributed by atoms with van der Waals surface area (Å²) in [6, 6.07) is 11.4. The molecule has 0 radical (unpaired) electrons. The van der Waals surface area contributed by atoms with Crippen LogP contribution in [0.1, 0.15) is 54.9 Å². The minimum atomic E-state index is -0.724. The maximum atomic E-state index is 13.1. The predicted molar refractivity (Wildman–Crippen MR) is 171 cm³/mol. The van der Waals surface area contributed by atoms with Gasteiger partial charge >= 0.3 is 0 Å². The van der Waals surface area contributed by atoms with Crippen LogP contribution in [-0.2, 0) is 25.7 Å². The summed E-state index contributed by atoms with van der Waals surface area (Å²) < 4.78 is 0. The van der Waals surface area contributed by atoms with Gasteiger partial charge in [0.25, 0.3) is 5.91 Å². The number of fused-ring (bicyclic) bond motifs is 1. The van der Waals surface area contributed by atoms with Crippen LogP contribution in [0.2, 0.25) is 0 Å². The lowest BCUT2D eigenvalue weighted by Gasteiger charge is -2.37. The highest BCUT2D eigenvalue weighted by Crippen LogP contribution is 2.31. The zero-order valence-corrected chi connectivity index (χ0v) is 26.1. The molecule has 1 atom stereocenters. The van der Waals surface area contributed by atoms with E-state index >= 15 is 0 Å². The van der Waals surface area contributed by atoms with Crippen LogP contribution >= 0.6 is 11.8 Å². The van der Waals surface area contributed by atoms with E-state index in [1.807, 2.05) is 6.07 Å². The number of hydrogen-bond acceptors (Lipinski definition) is 10. The Morgan fingerprint density at radius 1 is 1.02 bits per heavy atom. The Labute approximate surface area is 269 Å². The number of piperidine rings is 2. The molecular weight excluding hydrogens is 608 g/mol. The molecule has 2 fully saturated rings. The summed E-state index contributed by atoms with van der Waals surface area (Å²) >= 11 is 1.41. The van der Waals surface area contributed by atoms with Crippen LogP contribution in [0.5, 0.6) is 0 Å². The van der Waals surface area contributed by atoms with Gasteiger partial charge in [-0.1, -0.05) is 23.9 Å². The van der Waals surface area contributed by atoms with E-state index in [1.54, 1.807) is 42.7 Å². The number of carbonyl (C=O) groups excluding carboxylic acids is 5. The van der Waals surface area contributed by atoms with Gasteiger partial charge in [-0.05, 0) is 62.1 Å². The maximum Gasteiger partial charge on any atom is 0.255 e. The first-order valence-corrected chi connectivity index (χ1v) is 15.9. The molecule has 46 heavy (non-hydrogen) atoms. The number of rotatable bonds is 8. The molecule has 1 aromatic heterocycles. The van der Waals surface area contributed by atoms with E-state index in [4.69, 9.17) is 5.73 Å². The van der Waals surface area contributed by atoms with Crippen LogP contribution in [-0.4, -0.2) is 69.1 Å². The third kappa shape index (κ3) is 7.18. The molecule has 2 saturated heterocycles. The Bertz CT molecular complexity index is 1700. The number of carbonyl (C=O) groups is 5. The van der Waals surface area contributed by atoms with Gasteiger partial charge in [0.05, 0.1) is 12.4 Å². The number of nitrogens with zero attached hydrogens (tertiary/aromatic N) is 4. The summed E-state index contributed by atoms with van der Waals surface area (Å²) in [6.45, 7) is 3.99. The molecule has 14 heteroatoms. The molecule has 5 amide bonds. The van der Waals surface area contributed by atoms with Gasteiger partial charge < -0.3 is 26.2 Å². The third-order valence-corrected chi connectivity index (χ3v) is 9.23. The minimum Gasteiger partial charge on any atom is -0.355 e. The van der Waals surface area contributed by atoms with E-state index in [0.29, 0.717) is 27.5 Å². The van der Waals surface area contributed by atoms with Crippen molar-refractivity contribution in [3.05, 3.63) is 66.0 Å². The lowest BCUT2D eigenvalue weighted by Crippen LogP contribution is -2.52. The minimum absolute atomic E-state index is 0.140. The van der Waals surface area contributed by atoms with Gasteiger partial charge in [0.2, 0.25) is 23.6 Å². The molecule has 238 valence electrons. The average Bonchev–Trinajstić information content (AvgIpc) is 3.33. The van der Waals surface area contributed by atoms with Crippen LogP contribution in [0.3, 0.4) is 0 Å². The van der Waals surface area contributed by atoms with Crippen molar-refractivity contribution in [1.29, 1.82) is 0 Å². The second-order valence-corrected chi connectivity index (χ2v) is 13.1. The van der Waals surface area contributed by atoms with E-state index in [0.717, 1.165) is 36.6 Å². The summed E-state index contributed by atoms with van der Waals surface area (Å²) in [5.74, 6) is -1.41. The quantitative estimate of drug-likeness (QED) is 0.211. The smallest absolute Gasteiger partial charge is 0.255 e. The van der Waals surface area contributed by atoms with Crippen molar-refractivity contribution in [3.8, 4) is 0 Å². The zero-order chi connectivity index (χ0) is 32.4. The van der Waals surface area contributed by atoms with E-state index in [2.05, 4.69) is 37.7 Å². The maximum absolute atomic E-state index is 13.1. The Balaban J connectivity index is 1.00. The van der Waals surface area contributed by atoms with Crippen molar-refractivity contribution in [2.24, 2.45) is 5.73 Å². The van der Waals surface area contributed by atoms with E-state index in [-0.39, 0.29) is 36.7 Å². The normalized spacial score (nSPS) is 19.0. The highest BCUT2D eigenvalue weighted by atomic mass is 32.2. The summed E-state index contributed by atoms with van der Waals surface area (Å²) in [7, 11) is 0. The van der Waals surface area contributed by atoms with Crippen molar-refractivity contribution in [3.63, 3.8) is 0 Å². The van der Waals surface area contributed by atoms with Gasteiger partial charge in [-0.15, -0.1) is 0 Å². The fourth-order valence-electron chi connectivity index (χ4n) is 5.72. The zero-order valence-electron chi connectivity index (χ0n) is 25.2. The second-order valence-electron chi connectivity index (χ2n) is 12.0. The molecule has 0 saturated carbocycles. The number of hydrogen-bond donors (Lipinski definition) is 4. The number of amides is 5. The van der Waals surface area contributed by atoms with Gasteiger partial charge in [0.1, 0.15) is 23.3 Å². The lowest BCUT2D eigenvalue weighted by atomic mass is 9.91. The van der Waals surface area contributed by atoms with Crippen LogP contribution in [0, 0.1) is 0 Å². The summed E-state index contributed by atoms with van der Waals surface area (Å²) in [4.78, 5) is 75.8. The number of aromatic nitrogens is 2. The van der Waals surface area contributed by atoms with E-state index < -0.39 is 30.2 Å². The number of anilines is 3. The SMILES string of the molecule is CC1(N)CCN(c2cnc(Sc3cccc(NC(=O)CC(=O)Nc4ccc5c(c4)C(=O)N(C4CCC(=O)NC4=O)C5)c3)cn2)CC1. The summed E-state index contributed by atoms with van der Waals surface area (Å²) in [6.07, 6.45) is 5.28. The molecule has 4 heterocycles. The molecular formula is C32H34N8O5S. The Morgan fingerprint density at radius 3 is 2.46 bits per heavy atom. The number of nitrogens with one attached hydrogen (secondary N) is 3.